The number of aromatic nitrogens is 1. The first kappa shape index (κ1) is 17.0. The maximum Gasteiger partial charge on any atom is 0.277 e. The van der Waals surface area contributed by atoms with Gasteiger partial charge in [-0.05, 0) is 24.3 Å². The van der Waals surface area contributed by atoms with Crippen LogP contribution in [0.1, 0.15) is 0 Å². The molecule has 1 heterocycles. The fraction of sp³-hybridized carbons (Fsp3) is 0.0625. The smallest absolute Gasteiger partial charge is 0.277 e. The van der Waals surface area contributed by atoms with Crippen molar-refractivity contribution in [2.75, 3.05) is 10.4 Å². The molecule has 0 saturated carbocycles. The van der Waals surface area contributed by atoms with Crippen LogP contribution in [0.2, 0.25) is 5.02 Å². The standard InChI is InChI=1S/C16H12BrClN2O3S/c1-23-15-9-12(18)6-7-16(15)24(21,22)20(17)13-8-11-4-2-3-5-14(11)19-10-13/h2-10H,1H3. The van der Waals surface area contributed by atoms with Gasteiger partial charge in [-0.1, -0.05) is 29.8 Å². The summed E-state index contributed by atoms with van der Waals surface area (Å²) in [5, 5.41) is 1.22. The first-order chi connectivity index (χ1) is 11.4. The number of sulfonamides is 1. The molecule has 0 aliphatic heterocycles. The summed E-state index contributed by atoms with van der Waals surface area (Å²) in [6.45, 7) is 0. The van der Waals surface area contributed by atoms with Crippen LogP contribution in [0.5, 0.6) is 5.75 Å². The number of halogens is 2. The van der Waals surface area contributed by atoms with Gasteiger partial charge in [0.25, 0.3) is 10.0 Å². The molecule has 0 bridgehead atoms. The van der Waals surface area contributed by atoms with Crippen LogP contribution in [0.15, 0.2) is 59.6 Å². The number of para-hydroxylation sites is 1. The number of pyridine rings is 1. The molecule has 3 rings (SSSR count). The summed E-state index contributed by atoms with van der Waals surface area (Å²) >= 11 is 9.03. The van der Waals surface area contributed by atoms with Gasteiger partial charge in [-0.2, -0.15) is 3.33 Å². The molecule has 3 aromatic rings. The number of methoxy groups -OCH3 is 1. The highest BCUT2D eigenvalue weighted by Gasteiger charge is 2.27. The molecule has 124 valence electrons. The average Bonchev–Trinajstić information content (AvgIpc) is 2.60. The van der Waals surface area contributed by atoms with E-state index in [0.717, 1.165) is 14.2 Å². The first-order valence-corrected chi connectivity index (χ1v) is 9.35. The van der Waals surface area contributed by atoms with E-state index in [1.807, 2.05) is 24.3 Å². The van der Waals surface area contributed by atoms with Gasteiger partial charge < -0.3 is 4.74 Å². The molecule has 0 radical (unpaired) electrons. The van der Waals surface area contributed by atoms with Gasteiger partial charge in [0.2, 0.25) is 0 Å². The summed E-state index contributed by atoms with van der Waals surface area (Å²) < 4.78 is 31.9. The number of fused-ring (bicyclic) bond motifs is 1. The monoisotopic (exact) mass is 426 g/mol. The van der Waals surface area contributed by atoms with Crippen LogP contribution in [0.25, 0.3) is 10.9 Å². The van der Waals surface area contributed by atoms with E-state index in [4.69, 9.17) is 16.3 Å². The second-order valence-corrected chi connectivity index (χ2v) is 8.27. The van der Waals surface area contributed by atoms with E-state index in [9.17, 15) is 8.42 Å². The highest BCUT2D eigenvalue weighted by atomic mass is 79.9. The van der Waals surface area contributed by atoms with E-state index >= 15 is 0 Å². The zero-order valence-corrected chi connectivity index (χ0v) is 15.6. The molecule has 0 aliphatic rings. The lowest BCUT2D eigenvalue weighted by atomic mass is 10.2. The minimum atomic E-state index is -3.89. The average molecular weight is 428 g/mol. The fourth-order valence-corrected chi connectivity index (χ4v) is 4.25. The maximum absolute atomic E-state index is 12.9. The molecule has 0 atom stereocenters. The molecule has 2 aromatic carbocycles. The molecule has 0 aliphatic carbocycles. The Morgan fingerprint density at radius 1 is 1.17 bits per heavy atom. The van der Waals surface area contributed by atoms with Crippen molar-refractivity contribution in [1.29, 1.82) is 0 Å². The number of hydrogen-bond acceptors (Lipinski definition) is 4. The van der Waals surface area contributed by atoms with Crippen molar-refractivity contribution in [3.05, 3.63) is 59.8 Å². The van der Waals surface area contributed by atoms with Gasteiger partial charge in [0.05, 0.1) is 40.7 Å². The molecule has 0 saturated heterocycles. The predicted molar refractivity (Wildman–Crippen MR) is 98.3 cm³/mol. The number of hydrogen-bond donors (Lipinski definition) is 0. The normalized spacial score (nSPS) is 11.5. The van der Waals surface area contributed by atoms with E-state index in [-0.39, 0.29) is 10.6 Å². The molecule has 0 fully saturated rings. The van der Waals surface area contributed by atoms with Gasteiger partial charge in [0, 0.05) is 16.5 Å². The number of benzene rings is 2. The molecule has 0 spiro atoms. The van der Waals surface area contributed by atoms with Crippen LogP contribution in [-0.2, 0) is 10.0 Å². The summed E-state index contributed by atoms with van der Waals surface area (Å²) in [6.07, 6.45) is 1.48. The SMILES string of the molecule is COc1cc(Cl)ccc1S(=O)(=O)N(Br)c1cnc2ccccc2c1. The van der Waals surface area contributed by atoms with Crippen LogP contribution in [0, 0.1) is 0 Å². The van der Waals surface area contributed by atoms with Crippen molar-refractivity contribution in [2.45, 2.75) is 4.90 Å². The third kappa shape index (κ3) is 3.07. The molecule has 1 aromatic heterocycles. The Kier molecular flexibility index (Phi) is 4.67. The van der Waals surface area contributed by atoms with E-state index in [2.05, 4.69) is 21.1 Å². The Bertz CT molecular complexity index is 1010. The molecule has 0 unspecified atom stereocenters. The van der Waals surface area contributed by atoms with E-state index < -0.39 is 10.0 Å². The predicted octanol–water partition coefficient (Wildman–Crippen LogP) is 4.40. The van der Waals surface area contributed by atoms with Crippen molar-refractivity contribution in [3.8, 4) is 5.75 Å². The van der Waals surface area contributed by atoms with Gasteiger partial charge in [-0.25, -0.2) is 8.42 Å². The first-order valence-electron chi connectivity index (χ1n) is 6.83. The van der Waals surface area contributed by atoms with Gasteiger partial charge >= 0.3 is 0 Å². The van der Waals surface area contributed by atoms with Crippen LogP contribution >= 0.6 is 27.7 Å². The lowest BCUT2D eigenvalue weighted by Crippen LogP contribution is -2.21. The van der Waals surface area contributed by atoms with Gasteiger partial charge in [0.1, 0.15) is 10.6 Å². The highest BCUT2D eigenvalue weighted by Crippen LogP contribution is 2.34. The summed E-state index contributed by atoms with van der Waals surface area (Å²) in [4.78, 5) is 4.28. The van der Waals surface area contributed by atoms with Crippen molar-refractivity contribution in [1.82, 2.24) is 4.98 Å². The summed E-state index contributed by atoms with van der Waals surface area (Å²) in [5.74, 6) is 0.167. The molecule has 5 nitrogen and oxygen atoms in total. The quantitative estimate of drug-likeness (QED) is 0.579. The van der Waals surface area contributed by atoms with Crippen LogP contribution < -0.4 is 8.07 Å². The zero-order chi connectivity index (χ0) is 17.3. The largest absolute Gasteiger partial charge is 0.495 e. The van der Waals surface area contributed by atoms with Crippen LogP contribution in [0.4, 0.5) is 5.69 Å². The van der Waals surface area contributed by atoms with Crippen molar-refractivity contribution < 1.29 is 13.2 Å². The van der Waals surface area contributed by atoms with Crippen molar-refractivity contribution in [2.24, 2.45) is 0 Å². The molecular formula is C16H12BrClN2O3S. The minimum Gasteiger partial charge on any atom is -0.495 e. The van der Waals surface area contributed by atoms with E-state index in [0.29, 0.717) is 10.7 Å². The third-order valence-corrected chi connectivity index (χ3v) is 6.71. The topological polar surface area (TPSA) is 59.5 Å². The summed E-state index contributed by atoms with van der Waals surface area (Å²) in [6, 6.07) is 13.5. The Labute approximate surface area is 153 Å². The Balaban J connectivity index is 2.08. The molecule has 24 heavy (non-hydrogen) atoms. The Morgan fingerprint density at radius 3 is 2.67 bits per heavy atom. The second kappa shape index (κ2) is 6.58. The lowest BCUT2D eigenvalue weighted by Gasteiger charge is -2.18. The minimum absolute atomic E-state index is 0.000524. The third-order valence-electron chi connectivity index (χ3n) is 3.39. The summed E-state index contributed by atoms with van der Waals surface area (Å²) in [5.41, 5.74) is 1.16. The van der Waals surface area contributed by atoms with Gasteiger partial charge in [-0.3, -0.25) is 4.98 Å². The van der Waals surface area contributed by atoms with Gasteiger partial charge in [-0.15, -0.1) is 0 Å². The highest BCUT2D eigenvalue weighted by molar-refractivity contribution is 9.11. The number of rotatable bonds is 4. The number of anilines is 1. The van der Waals surface area contributed by atoms with Gasteiger partial charge in [0.15, 0.2) is 0 Å². The Hall–Kier alpha value is -1.83. The van der Waals surface area contributed by atoms with E-state index in [1.54, 1.807) is 6.07 Å². The zero-order valence-electron chi connectivity index (χ0n) is 12.5. The van der Waals surface area contributed by atoms with Crippen LogP contribution in [0.3, 0.4) is 0 Å². The second-order valence-electron chi connectivity index (χ2n) is 4.90. The molecular weight excluding hydrogens is 416 g/mol. The number of ether oxygens (including phenoxy) is 1. The molecule has 8 heteroatoms. The van der Waals surface area contributed by atoms with E-state index in [1.165, 1.54) is 31.5 Å². The fourth-order valence-electron chi connectivity index (χ4n) is 2.24. The lowest BCUT2D eigenvalue weighted by molar-refractivity contribution is 0.403. The molecule has 0 amide bonds. The van der Waals surface area contributed by atoms with Crippen molar-refractivity contribution in [3.63, 3.8) is 0 Å². The Morgan fingerprint density at radius 2 is 1.92 bits per heavy atom. The van der Waals surface area contributed by atoms with Crippen molar-refractivity contribution >= 4 is 54.4 Å². The van der Waals surface area contributed by atoms with Crippen LogP contribution in [-0.4, -0.2) is 20.5 Å². The summed E-state index contributed by atoms with van der Waals surface area (Å²) in [7, 11) is -2.50. The maximum atomic E-state index is 12.9. The molecule has 0 N–H and O–H groups in total. The number of nitrogens with zero attached hydrogens (tertiary/aromatic N) is 2.